The van der Waals surface area contributed by atoms with Crippen molar-refractivity contribution in [2.45, 2.75) is 11.7 Å². The van der Waals surface area contributed by atoms with Crippen LogP contribution < -0.4 is 0 Å². The molecule has 1 aromatic heterocycles. The van der Waals surface area contributed by atoms with Crippen LogP contribution in [0.4, 0.5) is 0 Å². The van der Waals surface area contributed by atoms with Gasteiger partial charge in [0, 0.05) is 12.1 Å². The molecule has 0 atom stereocenters. The normalized spacial score (nSPS) is 10.3. The van der Waals surface area contributed by atoms with E-state index >= 15 is 0 Å². The summed E-state index contributed by atoms with van der Waals surface area (Å²) in [6.45, 7) is 4.49. The van der Waals surface area contributed by atoms with Gasteiger partial charge in [-0.3, -0.25) is 4.57 Å². The predicted octanol–water partition coefficient (Wildman–Crippen LogP) is 2.85. The summed E-state index contributed by atoms with van der Waals surface area (Å²) >= 11 is 1.59. The highest BCUT2D eigenvalue weighted by Gasteiger charge is 2.11. The Bertz CT molecular complexity index is 476. The lowest BCUT2D eigenvalue weighted by Crippen LogP contribution is -1.99. The summed E-state index contributed by atoms with van der Waals surface area (Å²) in [5.74, 6) is 0.893. The molecule has 0 aliphatic carbocycles. The largest absolute Gasteiger partial charge is 0.298 e. The SMILES string of the molecule is C=CCn1c(SC)nnc1-c1ccccc1. The van der Waals surface area contributed by atoms with E-state index in [1.807, 2.05) is 42.7 Å². The summed E-state index contributed by atoms with van der Waals surface area (Å²) in [5, 5.41) is 9.29. The van der Waals surface area contributed by atoms with Crippen LogP contribution in [0.5, 0.6) is 0 Å². The molecule has 16 heavy (non-hydrogen) atoms. The van der Waals surface area contributed by atoms with Crippen LogP contribution in [0, 0.1) is 0 Å². The Morgan fingerprint density at radius 1 is 1.31 bits per heavy atom. The van der Waals surface area contributed by atoms with Gasteiger partial charge in [0.1, 0.15) is 0 Å². The fourth-order valence-electron chi connectivity index (χ4n) is 1.53. The van der Waals surface area contributed by atoms with Gasteiger partial charge >= 0.3 is 0 Å². The van der Waals surface area contributed by atoms with Crippen LogP contribution in [-0.4, -0.2) is 21.0 Å². The number of benzene rings is 1. The van der Waals surface area contributed by atoms with Crippen molar-refractivity contribution in [2.24, 2.45) is 0 Å². The Balaban J connectivity index is 2.48. The molecule has 1 aromatic carbocycles. The van der Waals surface area contributed by atoms with Crippen molar-refractivity contribution in [1.29, 1.82) is 0 Å². The Kier molecular flexibility index (Phi) is 3.41. The lowest BCUT2D eigenvalue weighted by atomic mass is 10.2. The van der Waals surface area contributed by atoms with Gasteiger partial charge in [0.15, 0.2) is 11.0 Å². The standard InChI is InChI=1S/C12H13N3S/c1-3-9-15-11(13-14-12(15)16-2)10-7-5-4-6-8-10/h3-8H,1,9H2,2H3. The van der Waals surface area contributed by atoms with Crippen molar-refractivity contribution in [3.8, 4) is 11.4 Å². The molecule has 0 aliphatic heterocycles. The molecule has 0 bridgehead atoms. The topological polar surface area (TPSA) is 30.7 Å². The van der Waals surface area contributed by atoms with Crippen LogP contribution in [0.1, 0.15) is 0 Å². The Morgan fingerprint density at radius 3 is 2.69 bits per heavy atom. The molecular formula is C12H13N3S. The molecular weight excluding hydrogens is 218 g/mol. The van der Waals surface area contributed by atoms with Gasteiger partial charge in [0.05, 0.1) is 0 Å². The van der Waals surface area contributed by atoms with Crippen molar-refractivity contribution in [3.63, 3.8) is 0 Å². The van der Waals surface area contributed by atoms with Crippen LogP contribution in [0.2, 0.25) is 0 Å². The predicted molar refractivity (Wildman–Crippen MR) is 67.4 cm³/mol. The third kappa shape index (κ3) is 2.02. The molecule has 0 unspecified atom stereocenters. The van der Waals surface area contributed by atoms with Crippen molar-refractivity contribution in [2.75, 3.05) is 6.26 Å². The van der Waals surface area contributed by atoms with E-state index in [4.69, 9.17) is 0 Å². The zero-order chi connectivity index (χ0) is 11.4. The minimum absolute atomic E-state index is 0.730. The minimum Gasteiger partial charge on any atom is -0.298 e. The maximum Gasteiger partial charge on any atom is 0.191 e. The highest BCUT2D eigenvalue weighted by Crippen LogP contribution is 2.22. The zero-order valence-corrected chi connectivity index (χ0v) is 9.94. The molecule has 82 valence electrons. The molecule has 0 radical (unpaired) electrons. The van der Waals surface area contributed by atoms with E-state index in [9.17, 15) is 0 Å². The van der Waals surface area contributed by atoms with E-state index in [1.165, 1.54) is 0 Å². The molecule has 0 fully saturated rings. The first-order valence-electron chi connectivity index (χ1n) is 5.00. The van der Waals surface area contributed by atoms with E-state index in [0.29, 0.717) is 0 Å². The first-order valence-corrected chi connectivity index (χ1v) is 6.22. The number of allylic oxidation sites excluding steroid dienone is 1. The summed E-state index contributed by atoms with van der Waals surface area (Å²) in [7, 11) is 0. The van der Waals surface area contributed by atoms with Crippen molar-refractivity contribution in [1.82, 2.24) is 14.8 Å². The summed E-state index contributed by atoms with van der Waals surface area (Å²) in [6, 6.07) is 10.1. The number of nitrogens with zero attached hydrogens (tertiary/aromatic N) is 3. The van der Waals surface area contributed by atoms with Gasteiger partial charge in [-0.25, -0.2) is 0 Å². The van der Waals surface area contributed by atoms with Crippen molar-refractivity contribution < 1.29 is 0 Å². The van der Waals surface area contributed by atoms with Gasteiger partial charge in [-0.2, -0.15) is 0 Å². The molecule has 2 rings (SSSR count). The highest BCUT2D eigenvalue weighted by atomic mass is 32.2. The average Bonchev–Trinajstić information content (AvgIpc) is 2.74. The zero-order valence-electron chi connectivity index (χ0n) is 9.13. The molecule has 0 saturated carbocycles. The van der Waals surface area contributed by atoms with E-state index in [0.717, 1.165) is 23.1 Å². The smallest absolute Gasteiger partial charge is 0.191 e. The molecule has 0 amide bonds. The van der Waals surface area contributed by atoms with E-state index in [2.05, 4.69) is 21.3 Å². The Hall–Kier alpha value is -1.55. The molecule has 3 nitrogen and oxygen atoms in total. The summed E-state index contributed by atoms with van der Waals surface area (Å²) < 4.78 is 2.06. The lowest BCUT2D eigenvalue weighted by Gasteiger charge is -2.05. The quantitative estimate of drug-likeness (QED) is 0.599. The fourth-order valence-corrected chi connectivity index (χ4v) is 2.04. The molecule has 2 aromatic rings. The van der Waals surface area contributed by atoms with Gasteiger partial charge in [-0.15, -0.1) is 16.8 Å². The molecule has 1 heterocycles. The van der Waals surface area contributed by atoms with Gasteiger partial charge in [-0.05, 0) is 6.26 Å². The average molecular weight is 231 g/mol. The summed E-state index contributed by atoms with van der Waals surface area (Å²) in [5.41, 5.74) is 1.08. The van der Waals surface area contributed by atoms with Gasteiger partial charge in [0.2, 0.25) is 0 Å². The lowest BCUT2D eigenvalue weighted by molar-refractivity contribution is 0.732. The van der Waals surface area contributed by atoms with E-state index < -0.39 is 0 Å². The molecule has 4 heteroatoms. The van der Waals surface area contributed by atoms with Crippen LogP contribution in [0.25, 0.3) is 11.4 Å². The number of hydrogen-bond acceptors (Lipinski definition) is 3. The number of thioether (sulfide) groups is 1. The summed E-state index contributed by atoms with van der Waals surface area (Å²) in [4.78, 5) is 0. The Morgan fingerprint density at radius 2 is 2.06 bits per heavy atom. The molecule has 0 aliphatic rings. The van der Waals surface area contributed by atoms with Crippen molar-refractivity contribution in [3.05, 3.63) is 43.0 Å². The van der Waals surface area contributed by atoms with Gasteiger partial charge < -0.3 is 0 Å². The van der Waals surface area contributed by atoms with Crippen LogP contribution in [0.15, 0.2) is 48.1 Å². The Labute approximate surface area is 99.2 Å². The fraction of sp³-hybridized carbons (Fsp3) is 0.167. The second kappa shape index (κ2) is 4.99. The first-order chi connectivity index (χ1) is 7.86. The van der Waals surface area contributed by atoms with Gasteiger partial charge in [-0.1, -0.05) is 48.2 Å². The second-order valence-corrected chi connectivity index (χ2v) is 4.05. The highest BCUT2D eigenvalue weighted by molar-refractivity contribution is 7.98. The minimum atomic E-state index is 0.730. The van der Waals surface area contributed by atoms with Crippen LogP contribution in [0.3, 0.4) is 0 Å². The van der Waals surface area contributed by atoms with Gasteiger partial charge in [0.25, 0.3) is 0 Å². The van der Waals surface area contributed by atoms with E-state index in [-0.39, 0.29) is 0 Å². The number of aromatic nitrogens is 3. The van der Waals surface area contributed by atoms with Crippen molar-refractivity contribution >= 4 is 11.8 Å². The summed E-state index contributed by atoms with van der Waals surface area (Å²) in [6.07, 6.45) is 3.86. The van der Waals surface area contributed by atoms with Crippen LogP contribution >= 0.6 is 11.8 Å². The van der Waals surface area contributed by atoms with E-state index in [1.54, 1.807) is 11.8 Å². The first kappa shape index (κ1) is 11.0. The monoisotopic (exact) mass is 231 g/mol. The molecule has 0 N–H and O–H groups in total. The maximum atomic E-state index is 4.22. The maximum absolute atomic E-state index is 4.22. The third-order valence-corrected chi connectivity index (χ3v) is 2.91. The number of hydrogen-bond donors (Lipinski definition) is 0. The number of rotatable bonds is 4. The third-order valence-electron chi connectivity index (χ3n) is 2.24. The molecule has 0 saturated heterocycles. The molecule has 0 spiro atoms. The van der Waals surface area contributed by atoms with Crippen LogP contribution in [-0.2, 0) is 6.54 Å². The second-order valence-electron chi connectivity index (χ2n) is 3.28.